The largest absolute Gasteiger partial charge is 0.355 e. The molecule has 0 aliphatic heterocycles. The van der Waals surface area contributed by atoms with E-state index in [0.717, 1.165) is 17.1 Å². The van der Waals surface area contributed by atoms with Gasteiger partial charge in [0.05, 0.1) is 11.1 Å². The standard InChI is InChI=1S/C13H15NOS.C3H6N2O.C2H6/c1-4-5-9(2)13-10(3)8-12(16-13)11-6-7-14-15-11;1-4-2-5-3-6;1-2/h5-8H,4H2,1-3H3;3H,1-2H2,(H,5,6);1-2H3/b9-5+;;. The number of rotatable bonds is 6. The molecule has 5 nitrogen and oxygen atoms in total. The van der Waals surface area contributed by atoms with E-state index in [0.29, 0.717) is 13.1 Å². The summed E-state index contributed by atoms with van der Waals surface area (Å²) in [5.41, 5.74) is 2.65. The molecule has 0 aromatic carbocycles. The first-order valence-corrected chi connectivity index (χ1v) is 8.73. The predicted molar refractivity (Wildman–Crippen MR) is 103 cm³/mol. The molecule has 132 valence electrons. The summed E-state index contributed by atoms with van der Waals surface area (Å²) in [6.07, 6.45) is 5.58. The van der Waals surface area contributed by atoms with Gasteiger partial charge in [-0.1, -0.05) is 32.0 Å². The lowest BCUT2D eigenvalue weighted by Crippen LogP contribution is -2.08. The van der Waals surface area contributed by atoms with Crippen LogP contribution in [0.5, 0.6) is 0 Å². The van der Waals surface area contributed by atoms with Crippen LogP contribution in [0, 0.1) is 6.92 Å². The quantitative estimate of drug-likeness (QED) is 0.456. The Bertz CT molecular complexity index is 608. The van der Waals surface area contributed by atoms with Crippen molar-refractivity contribution >= 4 is 30.0 Å². The molecule has 0 unspecified atom stereocenters. The Morgan fingerprint density at radius 1 is 1.50 bits per heavy atom. The highest BCUT2D eigenvalue weighted by atomic mass is 32.1. The molecule has 0 saturated carbocycles. The Hall–Kier alpha value is -2.21. The monoisotopic (exact) mass is 349 g/mol. The van der Waals surface area contributed by atoms with Gasteiger partial charge in [-0.15, -0.1) is 11.3 Å². The molecule has 2 aromatic rings. The fraction of sp³-hybridized carbons (Fsp3) is 0.389. The normalized spacial score (nSPS) is 9.96. The summed E-state index contributed by atoms with van der Waals surface area (Å²) >= 11 is 1.76. The van der Waals surface area contributed by atoms with Gasteiger partial charge < -0.3 is 9.84 Å². The highest BCUT2D eigenvalue weighted by Gasteiger charge is 2.10. The lowest BCUT2D eigenvalue weighted by atomic mass is 10.1. The second-order valence-corrected chi connectivity index (χ2v) is 5.55. The van der Waals surface area contributed by atoms with Crippen LogP contribution in [0.15, 0.2) is 33.9 Å². The van der Waals surface area contributed by atoms with Gasteiger partial charge >= 0.3 is 0 Å². The summed E-state index contributed by atoms with van der Waals surface area (Å²) in [4.78, 5) is 15.2. The minimum absolute atomic E-state index is 0.309. The third-order valence-electron chi connectivity index (χ3n) is 2.75. The molecule has 0 spiro atoms. The van der Waals surface area contributed by atoms with Crippen molar-refractivity contribution in [2.45, 2.75) is 41.0 Å². The van der Waals surface area contributed by atoms with Gasteiger partial charge in [0.2, 0.25) is 6.41 Å². The van der Waals surface area contributed by atoms with Crippen LogP contribution in [0.4, 0.5) is 0 Å². The fourth-order valence-corrected chi connectivity index (χ4v) is 2.96. The molecule has 1 N–H and O–H groups in total. The van der Waals surface area contributed by atoms with Crippen LogP contribution in [0.2, 0.25) is 0 Å². The van der Waals surface area contributed by atoms with Gasteiger partial charge in [0.15, 0.2) is 5.76 Å². The van der Waals surface area contributed by atoms with Gasteiger partial charge in [0, 0.05) is 10.9 Å². The molecule has 6 heteroatoms. The molecule has 0 aliphatic rings. The summed E-state index contributed by atoms with van der Waals surface area (Å²) in [7, 11) is 0. The van der Waals surface area contributed by atoms with E-state index in [-0.39, 0.29) is 0 Å². The minimum Gasteiger partial charge on any atom is -0.355 e. The predicted octanol–water partition coefficient (Wildman–Crippen LogP) is 4.94. The number of nitrogens with one attached hydrogen (secondary N) is 1. The van der Waals surface area contributed by atoms with Crippen molar-refractivity contribution < 1.29 is 9.32 Å². The van der Waals surface area contributed by atoms with E-state index in [1.807, 2.05) is 19.9 Å². The summed E-state index contributed by atoms with van der Waals surface area (Å²) in [5.74, 6) is 0.851. The zero-order valence-electron chi connectivity index (χ0n) is 15.1. The number of carbonyl (C=O) groups is 1. The Kier molecular flexibility index (Phi) is 12.0. The summed E-state index contributed by atoms with van der Waals surface area (Å²) in [6.45, 7) is 13.9. The molecular formula is C18H27N3O2S. The van der Waals surface area contributed by atoms with E-state index < -0.39 is 0 Å². The Morgan fingerprint density at radius 3 is 2.67 bits per heavy atom. The van der Waals surface area contributed by atoms with Gasteiger partial charge in [-0.25, -0.2) is 0 Å². The number of thiophene rings is 1. The average molecular weight is 350 g/mol. The number of hydrogen-bond donors (Lipinski definition) is 1. The Morgan fingerprint density at radius 2 is 2.21 bits per heavy atom. The first-order valence-electron chi connectivity index (χ1n) is 7.92. The fourth-order valence-electron chi connectivity index (χ4n) is 1.84. The highest BCUT2D eigenvalue weighted by Crippen LogP contribution is 2.34. The number of aromatic nitrogens is 1. The molecule has 2 heterocycles. The van der Waals surface area contributed by atoms with Crippen molar-refractivity contribution in [1.82, 2.24) is 10.5 Å². The van der Waals surface area contributed by atoms with Crippen LogP contribution in [-0.4, -0.2) is 25.0 Å². The van der Waals surface area contributed by atoms with Crippen LogP contribution in [0.1, 0.15) is 44.6 Å². The molecule has 0 radical (unpaired) electrons. The second kappa shape index (κ2) is 13.2. The summed E-state index contributed by atoms with van der Waals surface area (Å²) in [5, 5.41) is 6.02. The molecule has 2 aromatic heterocycles. The van der Waals surface area contributed by atoms with Crippen LogP contribution in [0.3, 0.4) is 0 Å². The van der Waals surface area contributed by atoms with E-state index in [4.69, 9.17) is 4.52 Å². The SMILES string of the molecule is C=NCNC=O.CC.CC/C=C(\C)c1sc(-c2ccno2)cc1C. The summed E-state index contributed by atoms with van der Waals surface area (Å²) in [6, 6.07) is 4.06. The lowest BCUT2D eigenvalue weighted by molar-refractivity contribution is -0.109. The van der Waals surface area contributed by atoms with E-state index in [2.05, 4.69) is 55.1 Å². The minimum atomic E-state index is 0.309. The zero-order valence-corrected chi connectivity index (χ0v) is 15.9. The molecule has 0 fully saturated rings. The van der Waals surface area contributed by atoms with Crippen LogP contribution in [0.25, 0.3) is 16.2 Å². The molecule has 1 amide bonds. The van der Waals surface area contributed by atoms with Crippen molar-refractivity contribution in [2.24, 2.45) is 4.99 Å². The van der Waals surface area contributed by atoms with Crippen molar-refractivity contribution in [1.29, 1.82) is 0 Å². The number of aryl methyl sites for hydroxylation is 1. The first-order chi connectivity index (χ1) is 11.6. The van der Waals surface area contributed by atoms with E-state index in [1.54, 1.807) is 17.5 Å². The van der Waals surface area contributed by atoms with Crippen LogP contribution in [-0.2, 0) is 4.79 Å². The maximum Gasteiger partial charge on any atom is 0.208 e. The molecule has 0 bridgehead atoms. The second-order valence-electron chi connectivity index (χ2n) is 4.50. The maximum absolute atomic E-state index is 9.36. The van der Waals surface area contributed by atoms with E-state index >= 15 is 0 Å². The molecular weight excluding hydrogens is 322 g/mol. The van der Waals surface area contributed by atoms with Gasteiger partial charge in [-0.05, 0) is 44.2 Å². The number of nitrogens with zero attached hydrogens (tertiary/aromatic N) is 2. The third-order valence-corrected chi connectivity index (χ3v) is 4.14. The topological polar surface area (TPSA) is 67.5 Å². The van der Waals surface area contributed by atoms with Crippen molar-refractivity contribution in [3.8, 4) is 10.6 Å². The van der Waals surface area contributed by atoms with Crippen molar-refractivity contribution in [3.63, 3.8) is 0 Å². The highest BCUT2D eigenvalue weighted by molar-refractivity contribution is 7.16. The van der Waals surface area contributed by atoms with Gasteiger partial charge in [-0.3, -0.25) is 9.79 Å². The van der Waals surface area contributed by atoms with Crippen LogP contribution < -0.4 is 5.32 Å². The number of aliphatic imine (C=N–C) groups is 1. The van der Waals surface area contributed by atoms with Gasteiger partial charge in [0.25, 0.3) is 0 Å². The number of carbonyl (C=O) groups excluding carboxylic acids is 1. The molecule has 0 aliphatic carbocycles. The van der Waals surface area contributed by atoms with E-state index in [9.17, 15) is 4.79 Å². The molecule has 0 atom stereocenters. The van der Waals surface area contributed by atoms with E-state index in [1.165, 1.54) is 16.0 Å². The lowest BCUT2D eigenvalue weighted by Gasteiger charge is -1.97. The zero-order chi connectivity index (χ0) is 18.4. The Labute approximate surface area is 148 Å². The van der Waals surface area contributed by atoms with Crippen LogP contribution >= 0.6 is 11.3 Å². The first kappa shape index (κ1) is 21.8. The summed E-state index contributed by atoms with van der Waals surface area (Å²) < 4.78 is 5.17. The number of allylic oxidation sites excluding steroid dienone is 2. The smallest absolute Gasteiger partial charge is 0.208 e. The van der Waals surface area contributed by atoms with Gasteiger partial charge in [0.1, 0.15) is 6.67 Å². The Balaban J connectivity index is 0.000000563. The molecule has 2 rings (SSSR count). The molecule has 24 heavy (non-hydrogen) atoms. The molecule has 0 saturated heterocycles. The average Bonchev–Trinajstić information content (AvgIpc) is 3.25. The number of amides is 1. The van der Waals surface area contributed by atoms with Gasteiger partial charge in [-0.2, -0.15) is 0 Å². The third kappa shape index (κ3) is 7.37. The number of hydrogen-bond acceptors (Lipinski definition) is 5. The van der Waals surface area contributed by atoms with Crippen molar-refractivity contribution in [3.05, 3.63) is 34.8 Å². The van der Waals surface area contributed by atoms with Crippen molar-refractivity contribution in [2.75, 3.05) is 6.67 Å². The maximum atomic E-state index is 9.36.